The minimum atomic E-state index is -0.737. The third-order valence-corrected chi connectivity index (χ3v) is 7.60. The summed E-state index contributed by atoms with van der Waals surface area (Å²) in [7, 11) is 2.39. The Kier molecular flexibility index (Phi) is 9.79. The standard InChI is InChI=1S/C24H26Cl2NO5SSi/c1-29-20-7-5-15(11-22(20)30-2)21(12-17-18(25)13-27-14-19(17)26)32-24(28)23-8-6-16(33-23)9-10-31-34(3)4/h5-8,11,13-14,21H,9-10,12H2,1-4H3/q+1/p+1/t21-/m0/s1. The molecule has 0 unspecified atom stereocenters. The lowest BCUT2D eigenvalue weighted by Gasteiger charge is -2.20. The molecule has 10 heteroatoms. The van der Waals surface area contributed by atoms with Crippen molar-refractivity contribution in [2.45, 2.75) is 32.0 Å². The molecule has 3 rings (SSSR count). The number of benzene rings is 1. The number of nitrogens with one attached hydrogen (secondary N) is 1. The fraction of sp³-hybridized carbons (Fsp3) is 0.333. The minimum absolute atomic E-state index is 0.289. The molecule has 0 aliphatic carbocycles. The number of aromatic amines is 1. The van der Waals surface area contributed by atoms with Crippen molar-refractivity contribution in [3.8, 4) is 11.5 Å². The number of thiophene rings is 1. The second kappa shape index (κ2) is 12.6. The second-order valence-electron chi connectivity index (χ2n) is 7.61. The number of halogens is 2. The fourth-order valence-electron chi connectivity index (χ4n) is 3.30. The van der Waals surface area contributed by atoms with Crippen LogP contribution < -0.4 is 14.5 Å². The zero-order valence-electron chi connectivity index (χ0n) is 19.4. The number of hydrogen-bond donors (Lipinski definition) is 0. The molecule has 1 N–H and O–H groups in total. The van der Waals surface area contributed by atoms with E-state index in [2.05, 4.69) is 18.1 Å². The molecule has 180 valence electrons. The van der Waals surface area contributed by atoms with E-state index in [4.69, 9.17) is 41.8 Å². The van der Waals surface area contributed by atoms with Gasteiger partial charge in [-0.15, -0.1) is 11.3 Å². The van der Waals surface area contributed by atoms with Gasteiger partial charge in [0.15, 0.2) is 23.9 Å². The van der Waals surface area contributed by atoms with Crippen molar-refractivity contribution in [3.05, 3.63) is 73.7 Å². The van der Waals surface area contributed by atoms with Crippen LogP contribution >= 0.6 is 34.5 Å². The van der Waals surface area contributed by atoms with Gasteiger partial charge in [-0.25, -0.2) is 14.2 Å². The Bertz CT molecular complexity index is 1100. The molecule has 2 heterocycles. The molecule has 0 radical (unpaired) electrons. The van der Waals surface area contributed by atoms with Gasteiger partial charge < -0.3 is 14.2 Å². The van der Waals surface area contributed by atoms with Gasteiger partial charge in [-0.2, -0.15) is 0 Å². The molecule has 6 nitrogen and oxygen atoms in total. The van der Waals surface area contributed by atoms with Gasteiger partial charge in [0.1, 0.15) is 21.0 Å². The Balaban J connectivity index is 1.85. The average Bonchev–Trinajstić information content (AvgIpc) is 3.29. The summed E-state index contributed by atoms with van der Waals surface area (Å²) in [4.78, 5) is 17.6. The topological polar surface area (TPSA) is 68.1 Å². The van der Waals surface area contributed by atoms with Crippen molar-refractivity contribution < 1.29 is 28.4 Å². The molecular formula is C24H27Cl2NO5SSi+2. The van der Waals surface area contributed by atoms with Crippen LogP contribution in [0.15, 0.2) is 42.7 Å². The lowest BCUT2D eigenvalue weighted by molar-refractivity contribution is -0.377. The molecule has 0 bridgehead atoms. The molecule has 0 aliphatic rings. The smallest absolute Gasteiger partial charge is 0.466 e. The van der Waals surface area contributed by atoms with E-state index >= 15 is 0 Å². The predicted molar refractivity (Wildman–Crippen MR) is 136 cm³/mol. The molecular weight excluding hydrogens is 513 g/mol. The van der Waals surface area contributed by atoms with Crippen molar-refractivity contribution in [1.29, 1.82) is 0 Å². The fourth-order valence-corrected chi connectivity index (χ4v) is 5.22. The van der Waals surface area contributed by atoms with Gasteiger partial charge in [0.2, 0.25) is 0 Å². The Morgan fingerprint density at radius 1 is 1.06 bits per heavy atom. The number of H-pyrrole nitrogens is 1. The van der Waals surface area contributed by atoms with Crippen LogP contribution in [-0.4, -0.2) is 35.8 Å². The highest BCUT2D eigenvalue weighted by molar-refractivity contribution is 7.13. The highest BCUT2D eigenvalue weighted by Gasteiger charge is 2.24. The molecule has 34 heavy (non-hydrogen) atoms. The number of rotatable bonds is 11. The summed E-state index contributed by atoms with van der Waals surface area (Å²) >= 11 is 14.2. The van der Waals surface area contributed by atoms with E-state index in [1.54, 1.807) is 44.8 Å². The maximum atomic E-state index is 13.1. The Morgan fingerprint density at radius 2 is 1.76 bits per heavy atom. The summed E-state index contributed by atoms with van der Waals surface area (Å²) in [6.07, 6.45) is 3.69. The molecule has 0 amide bonds. The summed E-state index contributed by atoms with van der Waals surface area (Å²) in [5, 5.41) is 0.917. The van der Waals surface area contributed by atoms with Crippen molar-refractivity contribution >= 4 is 49.5 Å². The van der Waals surface area contributed by atoms with Crippen LogP contribution in [0.2, 0.25) is 23.1 Å². The van der Waals surface area contributed by atoms with E-state index in [1.165, 1.54) is 11.3 Å². The van der Waals surface area contributed by atoms with Crippen molar-refractivity contribution in [3.63, 3.8) is 0 Å². The van der Waals surface area contributed by atoms with Crippen LogP contribution in [0.3, 0.4) is 0 Å². The minimum Gasteiger partial charge on any atom is -0.493 e. The van der Waals surface area contributed by atoms with Crippen LogP contribution in [0.5, 0.6) is 11.5 Å². The monoisotopic (exact) mass is 539 g/mol. The molecule has 1 atom stereocenters. The van der Waals surface area contributed by atoms with E-state index < -0.39 is 21.1 Å². The summed E-state index contributed by atoms with van der Waals surface area (Å²) in [6.45, 7) is 4.84. The Morgan fingerprint density at radius 3 is 2.41 bits per heavy atom. The molecule has 0 spiro atoms. The number of hydrogen-bond acceptors (Lipinski definition) is 6. The van der Waals surface area contributed by atoms with E-state index in [0.29, 0.717) is 38.6 Å². The summed E-state index contributed by atoms with van der Waals surface area (Å²) in [5.41, 5.74) is 1.41. The first kappa shape index (κ1) is 26.5. The summed E-state index contributed by atoms with van der Waals surface area (Å²) < 4.78 is 22.5. The van der Waals surface area contributed by atoms with Crippen molar-refractivity contribution in [1.82, 2.24) is 0 Å². The van der Waals surface area contributed by atoms with Crippen molar-refractivity contribution in [2.24, 2.45) is 0 Å². The average molecular weight is 541 g/mol. The quantitative estimate of drug-likeness (QED) is 0.226. The number of carbonyl (C=O) groups is 1. The number of esters is 1. The number of carbonyl (C=O) groups excluding carboxylic acids is 1. The van der Waals surface area contributed by atoms with Crippen LogP contribution in [0, 0.1) is 0 Å². The van der Waals surface area contributed by atoms with Crippen LogP contribution in [0.25, 0.3) is 0 Å². The number of ether oxygens (including phenoxy) is 3. The van der Waals surface area contributed by atoms with Crippen LogP contribution in [-0.2, 0) is 22.0 Å². The van der Waals surface area contributed by atoms with Gasteiger partial charge in [-0.1, -0.05) is 29.3 Å². The Labute approximate surface area is 215 Å². The largest absolute Gasteiger partial charge is 0.493 e. The molecule has 2 aromatic heterocycles. The summed E-state index contributed by atoms with van der Waals surface area (Å²) in [6, 6.07) is 9.13. The van der Waals surface area contributed by atoms with E-state index in [-0.39, 0.29) is 6.42 Å². The number of pyridine rings is 1. The molecule has 0 fully saturated rings. The lowest BCUT2D eigenvalue weighted by Crippen LogP contribution is -2.15. The second-order valence-corrected chi connectivity index (χ2v) is 11.7. The maximum Gasteiger partial charge on any atom is 0.466 e. The molecule has 0 saturated heterocycles. The number of methoxy groups -OCH3 is 2. The Hall–Kier alpha value is -2.10. The van der Waals surface area contributed by atoms with Crippen LogP contribution in [0.4, 0.5) is 0 Å². The van der Waals surface area contributed by atoms with Gasteiger partial charge in [0, 0.05) is 23.3 Å². The predicted octanol–water partition coefficient (Wildman–Crippen LogP) is 5.84. The van der Waals surface area contributed by atoms with E-state index in [1.807, 2.05) is 12.1 Å². The first-order valence-electron chi connectivity index (χ1n) is 10.6. The van der Waals surface area contributed by atoms with Gasteiger partial charge in [-0.05, 0) is 29.8 Å². The highest BCUT2D eigenvalue weighted by atomic mass is 35.5. The van der Waals surface area contributed by atoms with Gasteiger partial charge in [-0.3, -0.25) is 0 Å². The lowest BCUT2D eigenvalue weighted by atomic mass is 10.0. The first-order valence-corrected chi connectivity index (χ1v) is 14.6. The maximum absolute atomic E-state index is 13.1. The van der Waals surface area contributed by atoms with Gasteiger partial charge >= 0.3 is 15.0 Å². The zero-order valence-corrected chi connectivity index (χ0v) is 22.8. The van der Waals surface area contributed by atoms with Crippen molar-refractivity contribution in [2.75, 3.05) is 20.8 Å². The van der Waals surface area contributed by atoms with Crippen LogP contribution in [0.1, 0.15) is 31.8 Å². The van der Waals surface area contributed by atoms with E-state index in [0.717, 1.165) is 16.9 Å². The third kappa shape index (κ3) is 6.96. The summed E-state index contributed by atoms with van der Waals surface area (Å²) in [5.74, 6) is 0.698. The third-order valence-electron chi connectivity index (χ3n) is 5.02. The molecule has 0 saturated carbocycles. The molecule has 1 aromatic carbocycles. The van der Waals surface area contributed by atoms with Gasteiger partial charge in [0.05, 0.1) is 33.9 Å². The van der Waals surface area contributed by atoms with E-state index in [9.17, 15) is 4.79 Å². The molecule has 3 aromatic rings. The highest BCUT2D eigenvalue weighted by Crippen LogP contribution is 2.35. The van der Waals surface area contributed by atoms with Gasteiger partial charge in [0.25, 0.3) is 0 Å². The normalized spacial score (nSPS) is 11.7. The SMILES string of the molecule is COc1ccc([C@H](Cc2c(Cl)c[nH+]cc2Cl)OC(=O)c2ccc(CCO[Si+](C)C)s2)cc1OC. The number of aromatic nitrogens is 1. The first-order chi connectivity index (χ1) is 16.3. The molecule has 0 aliphatic heterocycles. The zero-order chi connectivity index (χ0) is 24.7.